The van der Waals surface area contributed by atoms with Crippen LogP contribution in [0.4, 0.5) is 37.1 Å². The Hall–Kier alpha value is -4.56. The molecule has 49 heavy (non-hydrogen) atoms. The van der Waals surface area contributed by atoms with E-state index in [2.05, 4.69) is 4.98 Å². The van der Waals surface area contributed by atoms with Gasteiger partial charge in [0.15, 0.2) is 0 Å². The van der Waals surface area contributed by atoms with Crippen LogP contribution < -0.4 is 9.64 Å². The van der Waals surface area contributed by atoms with Gasteiger partial charge in [0.05, 0.1) is 49.5 Å². The van der Waals surface area contributed by atoms with Gasteiger partial charge in [-0.1, -0.05) is 0 Å². The topological polar surface area (TPSA) is 94.1 Å². The smallest absolute Gasteiger partial charge is 0.416 e. The summed E-state index contributed by atoms with van der Waals surface area (Å²) in [5, 5.41) is 0. The Labute approximate surface area is 278 Å². The summed E-state index contributed by atoms with van der Waals surface area (Å²) in [7, 11) is 1.51. The lowest BCUT2D eigenvalue weighted by atomic mass is 9.93. The molecule has 9 nitrogen and oxygen atoms in total. The highest BCUT2D eigenvalue weighted by Gasteiger charge is 2.44. The van der Waals surface area contributed by atoms with Crippen molar-refractivity contribution in [3.63, 3.8) is 0 Å². The SMILES string of the molecule is CCOC(=O)C[C@@H]1CCc2cc(OC)c(-c3cnc(N4CCC4)nc3CN3C(=O)O[C@H](c4cc(C(F)(F)F)cc(C(F)(F)F)c4)[C@@H]3C)cc21. The Balaban J connectivity index is 1.38. The Kier molecular flexibility index (Phi) is 9.14. The summed E-state index contributed by atoms with van der Waals surface area (Å²) in [6.07, 6.45) is -8.24. The molecule has 3 atom stereocenters. The van der Waals surface area contributed by atoms with Crippen molar-refractivity contribution in [2.75, 3.05) is 31.7 Å². The van der Waals surface area contributed by atoms with Gasteiger partial charge in [-0.2, -0.15) is 26.3 Å². The second-order valence-electron chi connectivity index (χ2n) is 12.4. The number of methoxy groups -OCH3 is 1. The lowest BCUT2D eigenvalue weighted by Crippen LogP contribution is -2.39. The van der Waals surface area contributed by atoms with Crippen LogP contribution in [0.1, 0.15) is 78.6 Å². The summed E-state index contributed by atoms with van der Waals surface area (Å²) >= 11 is 0. The van der Waals surface area contributed by atoms with Crippen LogP contribution in [-0.2, 0) is 39.6 Å². The van der Waals surface area contributed by atoms with Crippen molar-refractivity contribution in [1.82, 2.24) is 14.9 Å². The zero-order chi connectivity index (χ0) is 35.2. The number of rotatable bonds is 9. The maximum absolute atomic E-state index is 13.6. The van der Waals surface area contributed by atoms with E-state index in [1.54, 1.807) is 13.1 Å². The van der Waals surface area contributed by atoms with Gasteiger partial charge in [0, 0.05) is 30.4 Å². The van der Waals surface area contributed by atoms with Crippen LogP contribution >= 0.6 is 0 Å². The van der Waals surface area contributed by atoms with Gasteiger partial charge < -0.3 is 19.1 Å². The zero-order valence-electron chi connectivity index (χ0n) is 27.0. The number of aryl methyl sites for hydroxylation is 1. The van der Waals surface area contributed by atoms with E-state index < -0.39 is 47.3 Å². The zero-order valence-corrected chi connectivity index (χ0v) is 27.0. The van der Waals surface area contributed by atoms with Crippen LogP contribution in [0.5, 0.6) is 5.75 Å². The summed E-state index contributed by atoms with van der Waals surface area (Å²) in [4.78, 5) is 38.2. The standard InChI is InChI=1S/C34H34F6N4O5/c1-4-48-29(45)13-20-7-6-19-12-28(47-3)25(15-24(19)20)26-16-41-31(43-8-5-9-43)42-27(26)17-44-18(2)30(49-32(44)46)21-10-22(33(35,36)37)14-23(11-21)34(38,39)40/h10-12,14-16,18,20,30H,4-9,13,17H2,1-3H3/t18-,20-,30-/m0/s1. The minimum absolute atomic E-state index is 0.0362. The van der Waals surface area contributed by atoms with Crippen LogP contribution in [0, 0.1) is 0 Å². The summed E-state index contributed by atoms with van der Waals surface area (Å²) in [6, 6.07) is 4.04. The molecule has 3 heterocycles. The Morgan fingerprint density at radius 3 is 2.31 bits per heavy atom. The molecule has 0 unspecified atom stereocenters. The summed E-state index contributed by atoms with van der Waals surface area (Å²) in [5.41, 5.74) is 0.0260. The van der Waals surface area contributed by atoms with E-state index in [-0.39, 0.29) is 37.5 Å². The van der Waals surface area contributed by atoms with E-state index >= 15 is 0 Å². The predicted octanol–water partition coefficient (Wildman–Crippen LogP) is 7.46. The molecule has 0 bridgehead atoms. The fourth-order valence-electron chi connectivity index (χ4n) is 6.62. The highest BCUT2D eigenvalue weighted by Crippen LogP contribution is 2.45. The van der Waals surface area contributed by atoms with E-state index in [1.165, 1.54) is 18.9 Å². The molecule has 1 aromatic heterocycles. The van der Waals surface area contributed by atoms with Crippen molar-refractivity contribution in [2.24, 2.45) is 0 Å². The molecule has 15 heteroatoms. The summed E-state index contributed by atoms with van der Waals surface area (Å²) < 4.78 is 98.2. The van der Waals surface area contributed by atoms with Crippen molar-refractivity contribution in [3.05, 3.63) is 70.0 Å². The molecular weight excluding hydrogens is 658 g/mol. The molecule has 3 aromatic rings. The molecule has 1 aliphatic carbocycles. The average Bonchev–Trinajstić information content (AvgIpc) is 3.53. The maximum atomic E-state index is 13.6. The number of alkyl halides is 6. The summed E-state index contributed by atoms with van der Waals surface area (Å²) in [5.74, 6) is 0.525. The molecule has 2 saturated heterocycles. The number of carbonyl (C=O) groups excluding carboxylic acids is 2. The highest BCUT2D eigenvalue weighted by atomic mass is 19.4. The van der Waals surface area contributed by atoms with Crippen molar-refractivity contribution in [1.29, 1.82) is 0 Å². The van der Waals surface area contributed by atoms with Gasteiger partial charge in [0.1, 0.15) is 11.9 Å². The van der Waals surface area contributed by atoms with Gasteiger partial charge in [0.2, 0.25) is 5.95 Å². The Morgan fingerprint density at radius 1 is 1.02 bits per heavy atom. The monoisotopic (exact) mass is 692 g/mol. The molecule has 3 aliphatic rings. The third-order valence-corrected chi connectivity index (χ3v) is 9.32. The number of aromatic nitrogens is 2. The van der Waals surface area contributed by atoms with Gasteiger partial charge in [-0.05, 0) is 86.1 Å². The highest BCUT2D eigenvalue weighted by molar-refractivity contribution is 5.77. The fourth-order valence-corrected chi connectivity index (χ4v) is 6.62. The van der Waals surface area contributed by atoms with E-state index in [0.29, 0.717) is 40.7 Å². The third-order valence-electron chi connectivity index (χ3n) is 9.32. The van der Waals surface area contributed by atoms with Gasteiger partial charge in [-0.25, -0.2) is 14.8 Å². The number of hydrogen-bond acceptors (Lipinski definition) is 8. The first-order valence-corrected chi connectivity index (χ1v) is 15.9. The summed E-state index contributed by atoms with van der Waals surface area (Å²) in [6.45, 7) is 4.76. The van der Waals surface area contributed by atoms with Crippen molar-refractivity contribution in [2.45, 2.75) is 76.5 Å². The number of carbonyl (C=O) groups is 2. The lowest BCUT2D eigenvalue weighted by molar-refractivity contribution is -0.144. The molecule has 2 aromatic carbocycles. The molecule has 0 spiro atoms. The van der Waals surface area contributed by atoms with Gasteiger partial charge in [0.25, 0.3) is 0 Å². The number of anilines is 1. The normalized spacial score (nSPS) is 20.6. The lowest BCUT2D eigenvalue weighted by Gasteiger charge is -2.31. The number of fused-ring (bicyclic) bond motifs is 1. The molecule has 2 aliphatic heterocycles. The average molecular weight is 693 g/mol. The first-order chi connectivity index (χ1) is 23.2. The van der Waals surface area contributed by atoms with Crippen molar-refractivity contribution >= 4 is 18.0 Å². The van der Waals surface area contributed by atoms with Crippen molar-refractivity contribution < 1.29 is 50.1 Å². The largest absolute Gasteiger partial charge is 0.496 e. The van der Waals surface area contributed by atoms with Crippen LogP contribution in [0.15, 0.2) is 36.5 Å². The van der Waals surface area contributed by atoms with Crippen LogP contribution in [-0.4, -0.2) is 59.8 Å². The van der Waals surface area contributed by atoms with Crippen LogP contribution in [0.2, 0.25) is 0 Å². The predicted molar refractivity (Wildman–Crippen MR) is 164 cm³/mol. The molecule has 0 radical (unpaired) electrons. The van der Waals surface area contributed by atoms with E-state index in [1.807, 2.05) is 17.0 Å². The second kappa shape index (κ2) is 13.0. The first-order valence-electron chi connectivity index (χ1n) is 15.9. The fraction of sp³-hybridized carbons (Fsp3) is 0.471. The minimum Gasteiger partial charge on any atom is -0.496 e. The minimum atomic E-state index is -5.06. The number of halogens is 6. The number of hydrogen-bond donors (Lipinski definition) is 0. The Morgan fingerprint density at radius 2 is 1.71 bits per heavy atom. The number of benzene rings is 2. The number of nitrogens with zero attached hydrogens (tertiary/aromatic N) is 4. The van der Waals surface area contributed by atoms with Crippen LogP contribution in [0.3, 0.4) is 0 Å². The number of esters is 1. The third kappa shape index (κ3) is 6.84. The maximum Gasteiger partial charge on any atom is 0.416 e. The van der Waals surface area contributed by atoms with E-state index in [9.17, 15) is 35.9 Å². The molecular formula is C34H34F6N4O5. The first kappa shape index (κ1) is 34.3. The number of ether oxygens (including phenoxy) is 3. The molecule has 6 rings (SSSR count). The number of cyclic esters (lactones) is 1. The number of amides is 1. The molecule has 262 valence electrons. The van der Waals surface area contributed by atoms with Gasteiger partial charge >= 0.3 is 24.4 Å². The van der Waals surface area contributed by atoms with Crippen LogP contribution in [0.25, 0.3) is 11.1 Å². The van der Waals surface area contributed by atoms with Crippen molar-refractivity contribution in [3.8, 4) is 16.9 Å². The second-order valence-corrected chi connectivity index (χ2v) is 12.4. The molecule has 1 amide bonds. The molecule has 2 fully saturated rings. The van der Waals surface area contributed by atoms with E-state index in [4.69, 9.17) is 19.2 Å². The quantitative estimate of drug-likeness (QED) is 0.169. The Bertz CT molecular complexity index is 1730. The molecule has 0 N–H and O–H groups in total. The van der Waals surface area contributed by atoms with Gasteiger partial charge in [-0.15, -0.1) is 0 Å². The van der Waals surface area contributed by atoms with E-state index in [0.717, 1.165) is 43.5 Å². The van der Waals surface area contributed by atoms with Gasteiger partial charge in [-0.3, -0.25) is 9.69 Å². The molecule has 0 saturated carbocycles.